The maximum Gasteiger partial charge on any atom is 0.0182 e. The summed E-state index contributed by atoms with van der Waals surface area (Å²) in [6.07, 6.45) is 8.65. The summed E-state index contributed by atoms with van der Waals surface area (Å²) in [4.78, 5) is 0. The molecule has 2 fully saturated rings. The second-order valence-corrected chi connectivity index (χ2v) is 5.42. The monoisotopic (exact) mass is 181 g/mol. The van der Waals surface area contributed by atoms with Crippen LogP contribution in [0.15, 0.2) is 0 Å². The highest BCUT2D eigenvalue weighted by Crippen LogP contribution is 2.39. The Hall–Kier alpha value is -0.0400. The quantitative estimate of drug-likeness (QED) is 0.656. The first-order valence-corrected chi connectivity index (χ1v) is 5.96. The Kier molecular flexibility index (Phi) is 2.64. The Bertz CT molecular complexity index is 170. The molecule has 0 amide bonds. The number of nitrogens with one attached hydrogen (secondary N) is 1. The van der Waals surface area contributed by atoms with E-state index in [0.717, 1.165) is 11.8 Å². The minimum Gasteiger partial charge on any atom is -0.311 e. The average molecular weight is 181 g/mol. The first-order valence-electron chi connectivity index (χ1n) is 5.96. The fourth-order valence-corrected chi connectivity index (χ4v) is 3.28. The van der Waals surface area contributed by atoms with Crippen LogP contribution < -0.4 is 5.32 Å². The Morgan fingerprint density at radius 2 is 2.08 bits per heavy atom. The Balaban J connectivity index is 1.98. The van der Waals surface area contributed by atoms with E-state index >= 15 is 0 Å². The van der Waals surface area contributed by atoms with E-state index < -0.39 is 0 Å². The third-order valence-corrected chi connectivity index (χ3v) is 4.24. The fraction of sp³-hybridized carbons (Fsp3) is 1.00. The van der Waals surface area contributed by atoms with Gasteiger partial charge in [0.1, 0.15) is 0 Å². The lowest BCUT2D eigenvalue weighted by Gasteiger charge is -2.39. The molecule has 0 aromatic carbocycles. The summed E-state index contributed by atoms with van der Waals surface area (Å²) in [5, 5.41) is 3.72. The number of hydrogen-bond acceptors (Lipinski definition) is 1. The molecule has 2 rings (SSSR count). The van der Waals surface area contributed by atoms with Crippen molar-refractivity contribution in [1.29, 1.82) is 0 Å². The predicted molar refractivity (Wildman–Crippen MR) is 56.8 cm³/mol. The molecule has 13 heavy (non-hydrogen) atoms. The second kappa shape index (κ2) is 3.61. The van der Waals surface area contributed by atoms with E-state index in [-0.39, 0.29) is 0 Å². The molecule has 1 saturated heterocycles. The highest BCUT2D eigenvalue weighted by atomic mass is 15.0. The standard InChI is InChI=1S/C12H23N/c1-10-5-3-6-11(9-10)12(2)7-4-8-13-12/h10-11,13H,3-9H2,1-2H3. The van der Waals surface area contributed by atoms with Gasteiger partial charge in [0, 0.05) is 5.54 Å². The van der Waals surface area contributed by atoms with Crippen molar-refractivity contribution in [3.63, 3.8) is 0 Å². The van der Waals surface area contributed by atoms with Crippen molar-refractivity contribution in [1.82, 2.24) is 5.32 Å². The summed E-state index contributed by atoms with van der Waals surface area (Å²) in [6, 6.07) is 0. The van der Waals surface area contributed by atoms with Crippen LogP contribution in [0.4, 0.5) is 0 Å². The molecule has 76 valence electrons. The average Bonchev–Trinajstić information content (AvgIpc) is 2.54. The molecule has 1 aliphatic heterocycles. The van der Waals surface area contributed by atoms with Gasteiger partial charge >= 0.3 is 0 Å². The summed E-state index contributed by atoms with van der Waals surface area (Å²) in [5.41, 5.74) is 0.495. The van der Waals surface area contributed by atoms with Crippen LogP contribution in [0.1, 0.15) is 52.4 Å². The number of rotatable bonds is 1. The van der Waals surface area contributed by atoms with Crippen molar-refractivity contribution in [2.24, 2.45) is 11.8 Å². The van der Waals surface area contributed by atoms with E-state index in [9.17, 15) is 0 Å². The van der Waals surface area contributed by atoms with Gasteiger partial charge < -0.3 is 5.32 Å². The zero-order chi connectivity index (χ0) is 9.31. The fourth-order valence-electron chi connectivity index (χ4n) is 3.28. The summed E-state index contributed by atoms with van der Waals surface area (Å²) in [5.74, 6) is 1.93. The van der Waals surface area contributed by atoms with E-state index in [2.05, 4.69) is 19.2 Å². The lowest BCUT2D eigenvalue weighted by molar-refractivity contribution is 0.167. The van der Waals surface area contributed by atoms with Gasteiger partial charge in [0.25, 0.3) is 0 Å². The summed E-state index contributed by atoms with van der Waals surface area (Å²) in [6.45, 7) is 6.12. The maximum atomic E-state index is 3.72. The van der Waals surface area contributed by atoms with Crippen molar-refractivity contribution in [3.05, 3.63) is 0 Å². The SMILES string of the molecule is CC1CCCC(C2(C)CCCN2)C1. The normalized spacial score (nSPS) is 46.6. The highest BCUT2D eigenvalue weighted by molar-refractivity contribution is 4.96. The predicted octanol–water partition coefficient (Wildman–Crippen LogP) is 2.95. The Labute approximate surface area is 82.3 Å². The molecule has 0 aromatic heterocycles. The lowest BCUT2D eigenvalue weighted by atomic mass is 9.72. The van der Waals surface area contributed by atoms with Gasteiger partial charge in [-0.3, -0.25) is 0 Å². The molecule has 1 saturated carbocycles. The molecule has 1 heteroatoms. The van der Waals surface area contributed by atoms with Gasteiger partial charge in [-0.2, -0.15) is 0 Å². The highest BCUT2D eigenvalue weighted by Gasteiger charge is 2.38. The van der Waals surface area contributed by atoms with Gasteiger partial charge in [0.05, 0.1) is 0 Å². The Morgan fingerprint density at radius 1 is 1.23 bits per heavy atom. The van der Waals surface area contributed by atoms with E-state index in [1.165, 1.54) is 45.1 Å². The van der Waals surface area contributed by atoms with Gasteiger partial charge in [-0.25, -0.2) is 0 Å². The molecular weight excluding hydrogens is 158 g/mol. The van der Waals surface area contributed by atoms with Crippen molar-refractivity contribution in [2.75, 3.05) is 6.54 Å². The third kappa shape index (κ3) is 1.90. The first kappa shape index (κ1) is 9.51. The molecule has 3 unspecified atom stereocenters. The van der Waals surface area contributed by atoms with Crippen molar-refractivity contribution < 1.29 is 0 Å². The van der Waals surface area contributed by atoms with E-state index in [1.807, 2.05) is 0 Å². The van der Waals surface area contributed by atoms with Crippen LogP contribution in [0, 0.1) is 11.8 Å². The van der Waals surface area contributed by atoms with Crippen LogP contribution in [0.3, 0.4) is 0 Å². The van der Waals surface area contributed by atoms with Gasteiger partial charge in [0.15, 0.2) is 0 Å². The summed E-state index contributed by atoms with van der Waals surface area (Å²) >= 11 is 0. The number of hydrogen-bond donors (Lipinski definition) is 1. The molecule has 3 atom stereocenters. The van der Waals surface area contributed by atoms with Gasteiger partial charge in [-0.15, -0.1) is 0 Å². The van der Waals surface area contributed by atoms with Crippen molar-refractivity contribution in [2.45, 2.75) is 57.9 Å². The molecule has 1 N–H and O–H groups in total. The molecule has 1 nitrogen and oxygen atoms in total. The van der Waals surface area contributed by atoms with Gasteiger partial charge in [-0.05, 0) is 51.0 Å². The molecular formula is C12H23N. The lowest BCUT2D eigenvalue weighted by Crippen LogP contribution is -2.45. The summed E-state index contributed by atoms with van der Waals surface area (Å²) in [7, 11) is 0. The molecule has 1 aliphatic carbocycles. The first-order chi connectivity index (χ1) is 6.21. The van der Waals surface area contributed by atoms with Crippen LogP contribution in [0.25, 0.3) is 0 Å². The molecule has 1 heterocycles. The largest absolute Gasteiger partial charge is 0.311 e. The van der Waals surface area contributed by atoms with Crippen LogP contribution in [-0.2, 0) is 0 Å². The van der Waals surface area contributed by atoms with Crippen LogP contribution in [0.2, 0.25) is 0 Å². The van der Waals surface area contributed by atoms with E-state index in [1.54, 1.807) is 0 Å². The molecule has 0 radical (unpaired) electrons. The Morgan fingerprint density at radius 3 is 2.69 bits per heavy atom. The molecule has 2 aliphatic rings. The van der Waals surface area contributed by atoms with Crippen LogP contribution in [0.5, 0.6) is 0 Å². The smallest absolute Gasteiger partial charge is 0.0182 e. The topological polar surface area (TPSA) is 12.0 Å². The molecule has 0 spiro atoms. The van der Waals surface area contributed by atoms with Crippen molar-refractivity contribution >= 4 is 0 Å². The maximum absolute atomic E-state index is 3.72. The minimum atomic E-state index is 0.495. The van der Waals surface area contributed by atoms with Crippen molar-refractivity contribution in [3.8, 4) is 0 Å². The van der Waals surface area contributed by atoms with Gasteiger partial charge in [-0.1, -0.05) is 19.8 Å². The third-order valence-electron chi connectivity index (χ3n) is 4.24. The molecule has 0 bridgehead atoms. The summed E-state index contributed by atoms with van der Waals surface area (Å²) < 4.78 is 0. The van der Waals surface area contributed by atoms with Crippen LogP contribution >= 0.6 is 0 Å². The van der Waals surface area contributed by atoms with Crippen LogP contribution in [-0.4, -0.2) is 12.1 Å². The van der Waals surface area contributed by atoms with E-state index in [0.29, 0.717) is 5.54 Å². The zero-order valence-corrected chi connectivity index (χ0v) is 9.10. The van der Waals surface area contributed by atoms with E-state index in [4.69, 9.17) is 0 Å². The van der Waals surface area contributed by atoms with Gasteiger partial charge in [0.2, 0.25) is 0 Å². The zero-order valence-electron chi connectivity index (χ0n) is 9.10. The molecule has 0 aromatic rings. The minimum absolute atomic E-state index is 0.495. The second-order valence-electron chi connectivity index (χ2n) is 5.42.